The van der Waals surface area contributed by atoms with Gasteiger partial charge < -0.3 is 15.0 Å². The van der Waals surface area contributed by atoms with Gasteiger partial charge in [0.15, 0.2) is 0 Å². The van der Waals surface area contributed by atoms with Gasteiger partial charge in [0.05, 0.1) is 7.11 Å². The predicted octanol–water partition coefficient (Wildman–Crippen LogP) is 6.67. The second kappa shape index (κ2) is 12.0. The summed E-state index contributed by atoms with van der Waals surface area (Å²) in [6, 6.07) is 25.1. The Labute approximate surface area is 227 Å². The predicted molar refractivity (Wildman–Crippen MR) is 150 cm³/mol. The summed E-state index contributed by atoms with van der Waals surface area (Å²) < 4.78 is 19.4. The van der Waals surface area contributed by atoms with Gasteiger partial charge in [0, 0.05) is 23.5 Å². The zero-order valence-corrected chi connectivity index (χ0v) is 21.9. The molecule has 1 saturated carbocycles. The van der Waals surface area contributed by atoms with Gasteiger partial charge in [0.1, 0.15) is 23.3 Å². The molecule has 0 aliphatic heterocycles. The molecular formula is C32H32FN3O3. The molecule has 3 aromatic carbocycles. The molecule has 0 spiro atoms. The molecule has 4 aromatic rings. The van der Waals surface area contributed by atoms with Gasteiger partial charge in [-0.1, -0.05) is 67.8 Å². The van der Waals surface area contributed by atoms with Crippen LogP contribution in [0.15, 0.2) is 91.0 Å². The molecule has 200 valence electrons. The standard InChI is InChI=1S/C32H32FN3O3/c1-39-27-14-8-13-26(21-27)36(32(38)29-20-19-28(35-29)22-9-4-2-5-10-22)30(23-15-17-24(33)18-16-23)31(37)34-25-11-6-3-7-12-25/h2,4-5,8-10,13-21,25,30,35H,3,6-7,11-12H2,1H3,(H,34,37)/t30-/m1/s1. The number of methoxy groups -OCH3 is 1. The average Bonchev–Trinajstić information content (AvgIpc) is 3.48. The van der Waals surface area contributed by atoms with E-state index >= 15 is 0 Å². The van der Waals surface area contributed by atoms with Crippen molar-refractivity contribution >= 4 is 17.5 Å². The number of nitrogens with one attached hydrogen (secondary N) is 2. The second-order valence-corrected chi connectivity index (χ2v) is 9.83. The molecule has 2 amide bonds. The van der Waals surface area contributed by atoms with Crippen LogP contribution < -0.4 is 15.0 Å². The van der Waals surface area contributed by atoms with E-state index in [0.717, 1.165) is 43.4 Å². The molecule has 5 rings (SSSR count). The van der Waals surface area contributed by atoms with Crippen molar-refractivity contribution in [2.75, 3.05) is 12.0 Å². The van der Waals surface area contributed by atoms with E-state index in [1.54, 1.807) is 49.6 Å². The van der Waals surface area contributed by atoms with Gasteiger partial charge in [-0.3, -0.25) is 14.5 Å². The first-order chi connectivity index (χ1) is 19.0. The van der Waals surface area contributed by atoms with Crippen LogP contribution >= 0.6 is 0 Å². The number of rotatable bonds is 8. The maximum Gasteiger partial charge on any atom is 0.275 e. The Morgan fingerprint density at radius 3 is 2.38 bits per heavy atom. The minimum absolute atomic E-state index is 0.0339. The van der Waals surface area contributed by atoms with Gasteiger partial charge in [0.25, 0.3) is 5.91 Å². The molecule has 39 heavy (non-hydrogen) atoms. The summed E-state index contributed by atoms with van der Waals surface area (Å²) in [5.74, 6) is -0.563. The van der Waals surface area contributed by atoms with Crippen molar-refractivity contribution in [3.8, 4) is 17.0 Å². The van der Waals surface area contributed by atoms with E-state index in [0.29, 0.717) is 22.7 Å². The molecule has 0 saturated heterocycles. The average molecular weight is 526 g/mol. The highest BCUT2D eigenvalue weighted by molar-refractivity contribution is 6.09. The molecule has 1 aromatic heterocycles. The van der Waals surface area contributed by atoms with Crippen LogP contribution in [0.25, 0.3) is 11.3 Å². The van der Waals surface area contributed by atoms with E-state index < -0.39 is 17.8 Å². The van der Waals surface area contributed by atoms with Crippen LogP contribution in [0, 0.1) is 5.82 Å². The molecular weight excluding hydrogens is 493 g/mol. The third-order valence-corrected chi connectivity index (χ3v) is 7.20. The van der Waals surface area contributed by atoms with Crippen LogP contribution in [-0.4, -0.2) is 29.9 Å². The smallest absolute Gasteiger partial charge is 0.275 e. The Morgan fingerprint density at radius 2 is 1.67 bits per heavy atom. The monoisotopic (exact) mass is 525 g/mol. The second-order valence-electron chi connectivity index (χ2n) is 9.83. The number of amides is 2. The molecule has 1 aliphatic rings. The van der Waals surface area contributed by atoms with Crippen molar-refractivity contribution in [1.29, 1.82) is 0 Å². The topological polar surface area (TPSA) is 74.4 Å². The lowest BCUT2D eigenvalue weighted by molar-refractivity contribution is -0.123. The number of aromatic amines is 1. The molecule has 2 N–H and O–H groups in total. The first-order valence-electron chi connectivity index (χ1n) is 13.3. The van der Waals surface area contributed by atoms with E-state index in [4.69, 9.17) is 4.74 Å². The number of nitrogens with zero attached hydrogens (tertiary/aromatic N) is 1. The largest absolute Gasteiger partial charge is 0.497 e. The lowest BCUT2D eigenvalue weighted by atomic mass is 9.94. The fourth-order valence-electron chi connectivity index (χ4n) is 5.17. The number of hydrogen-bond acceptors (Lipinski definition) is 3. The zero-order valence-electron chi connectivity index (χ0n) is 21.9. The van der Waals surface area contributed by atoms with Crippen LogP contribution in [0.2, 0.25) is 0 Å². The molecule has 1 heterocycles. The lowest BCUT2D eigenvalue weighted by Crippen LogP contribution is -2.47. The molecule has 0 bridgehead atoms. The van der Waals surface area contributed by atoms with E-state index in [9.17, 15) is 14.0 Å². The Hall–Kier alpha value is -4.39. The summed E-state index contributed by atoms with van der Waals surface area (Å²) in [5.41, 5.74) is 3.05. The summed E-state index contributed by atoms with van der Waals surface area (Å²) in [5, 5.41) is 3.18. The van der Waals surface area contributed by atoms with Crippen molar-refractivity contribution in [2.24, 2.45) is 0 Å². The summed E-state index contributed by atoms with van der Waals surface area (Å²) in [7, 11) is 1.55. The molecule has 0 radical (unpaired) electrons. The van der Waals surface area contributed by atoms with E-state index in [1.165, 1.54) is 17.0 Å². The van der Waals surface area contributed by atoms with Crippen LogP contribution in [0.3, 0.4) is 0 Å². The lowest BCUT2D eigenvalue weighted by Gasteiger charge is -2.33. The molecule has 1 fully saturated rings. The quantitative estimate of drug-likeness (QED) is 0.270. The summed E-state index contributed by atoms with van der Waals surface area (Å²) >= 11 is 0. The first kappa shape index (κ1) is 26.2. The van der Waals surface area contributed by atoms with Gasteiger partial charge in [-0.05, 0) is 60.4 Å². The number of benzene rings is 3. The van der Waals surface area contributed by atoms with E-state index in [2.05, 4.69) is 10.3 Å². The van der Waals surface area contributed by atoms with Gasteiger partial charge in [-0.15, -0.1) is 0 Å². The van der Waals surface area contributed by atoms with Gasteiger partial charge in [-0.2, -0.15) is 0 Å². The Bertz CT molecular complexity index is 1410. The first-order valence-corrected chi connectivity index (χ1v) is 13.3. The van der Waals surface area contributed by atoms with Crippen molar-refractivity contribution in [3.05, 3.63) is 108 Å². The minimum Gasteiger partial charge on any atom is -0.497 e. The minimum atomic E-state index is -1.03. The van der Waals surface area contributed by atoms with Gasteiger partial charge in [-0.25, -0.2) is 4.39 Å². The number of anilines is 1. The number of carbonyl (C=O) groups is 2. The fraction of sp³-hybridized carbons (Fsp3) is 0.250. The van der Waals surface area contributed by atoms with Gasteiger partial charge in [0.2, 0.25) is 5.91 Å². The Balaban J connectivity index is 1.59. The van der Waals surface area contributed by atoms with Crippen LogP contribution in [0.5, 0.6) is 5.75 Å². The number of carbonyl (C=O) groups excluding carboxylic acids is 2. The van der Waals surface area contributed by atoms with Crippen LogP contribution in [0.1, 0.15) is 54.2 Å². The molecule has 0 unspecified atom stereocenters. The van der Waals surface area contributed by atoms with Gasteiger partial charge >= 0.3 is 0 Å². The zero-order chi connectivity index (χ0) is 27.2. The SMILES string of the molecule is COc1cccc(N(C(=O)c2ccc(-c3ccccc3)[nH]2)[C@@H](C(=O)NC2CCCCC2)c2ccc(F)cc2)c1. The van der Waals surface area contributed by atoms with Crippen molar-refractivity contribution in [1.82, 2.24) is 10.3 Å². The Kier molecular flexibility index (Phi) is 8.06. The van der Waals surface area contributed by atoms with Crippen LogP contribution in [-0.2, 0) is 4.79 Å². The van der Waals surface area contributed by atoms with E-state index in [1.807, 2.05) is 36.4 Å². The fourth-order valence-corrected chi connectivity index (χ4v) is 5.17. The number of halogens is 1. The highest BCUT2D eigenvalue weighted by Gasteiger charge is 2.35. The third-order valence-electron chi connectivity index (χ3n) is 7.20. The Morgan fingerprint density at radius 1 is 0.923 bits per heavy atom. The number of H-pyrrole nitrogens is 1. The summed E-state index contributed by atoms with van der Waals surface area (Å²) in [6.07, 6.45) is 5.04. The molecule has 1 aliphatic carbocycles. The van der Waals surface area contributed by atoms with Crippen molar-refractivity contribution < 1.29 is 18.7 Å². The van der Waals surface area contributed by atoms with Crippen LogP contribution in [0.4, 0.5) is 10.1 Å². The third kappa shape index (κ3) is 6.03. The maximum absolute atomic E-state index is 14.3. The van der Waals surface area contributed by atoms with E-state index in [-0.39, 0.29) is 11.9 Å². The normalized spacial score (nSPS) is 14.4. The highest BCUT2D eigenvalue weighted by atomic mass is 19.1. The molecule has 6 nitrogen and oxygen atoms in total. The number of aromatic nitrogens is 1. The summed E-state index contributed by atoms with van der Waals surface area (Å²) in [4.78, 5) is 33.0. The highest BCUT2D eigenvalue weighted by Crippen LogP contribution is 2.33. The summed E-state index contributed by atoms with van der Waals surface area (Å²) in [6.45, 7) is 0. The molecule has 7 heteroatoms. The molecule has 1 atom stereocenters. The number of ether oxygens (including phenoxy) is 1. The number of hydrogen-bond donors (Lipinski definition) is 2. The van der Waals surface area contributed by atoms with Crippen molar-refractivity contribution in [2.45, 2.75) is 44.2 Å². The van der Waals surface area contributed by atoms with Crippen molar-refractivity contribution in [3.63, 3.8) is 0 Å². The maximum atomic E-state index is 14.3.